The van der Waals surface area contributed by atoms with Crippen LogP contribution in [0.15, 0.2) is 117 Å². The van der Waals surface area contributed by atoms with Crippen LogP contribution < -0.4 is 5.32 Å². The predicted molar refractivity (Wildman–Crippen MR) is 223 cm³/mol. The third kappa shape index (κ3) is 20.6. The fraction of sp³-hybridized carbons (Fsp3) is 0.442. The number of rotatable bonds is 9. The van der Waals surface area contributed by atoms with Gasteiger partial charge in [0.25, 0.3) is 0 Å². The van der Waals surface area contributed by atoms with Crippen LogP contribution in [0.1, 0.15) is 91.3 Å². The molecule has 2 aromatic rings. The van der Waals surface area contributed by atoms with Gasteiger partial charge in [-0.25, -0.2) is 0 Å². The number of phenolic OH excluding ortho intramolecular Hbond substituents is 1. The summed E-state index contributed by atoms with van der Waals surface area (Å²) in [5, 5.41) is 13.7. The lowest BCUT2D eigenvalue weighted by molar-refractivity contribution is 0.216. The minimum absolute atomic E-state index is 0.185. The third-order valence-corrected chi connectivity index (χ3v) is 8.01. The second-order valence-corrected chi connectivity index (χ2v) is 12.9. The van der Waals surface area contributed by atoms with Gasteiger partial charge in [-0.05, 0) is 81.4 Å². The highest BCUT2D eigenvalue weighted by molar-refractivity contribution is 7.98. The van der Waals surface area contributed by atoms with Crippen molar-refractivity contribution in [1.29, 1.82) is 0 Å². The summed E-state index contributed by atoms with van der Waals surface area (Å²) in [6.07, 6.45) is 6.96. The minimum atomic E-state index is 0.185. The van der Waals surface area contributed by atoms with Crippen LogP contribution in [0, 0.1) is 12.8 Å². The van der Waals surface area contributed by atoms with Crippen molar-refractivity contribution in [2.45, 2.75) is 87.0 Å². The van der Waals surface area contributed by atoms with Crippen molar-refractivity contribution >= 4 is 17.7 Å². The Bertz CT molecular complexity index is 1220. The smallest absolute Gasteiger partial charge is 0.123 e. The van der Waals surface area contributed by atoms with E-state index in [1.165, 1.54) is 23.6 Å². The number of aromatic hydroxyl groups is 1. The first kappa shape index (κ1) is 49.9. The number of likely N-dealkylation sites (tertiary alicyclic amines) is 1. The number of allylic oxidation sites excluding steroid dienone is 4. The molecule has 1 heterocycles. The standard InChI is InChI=1S/C23H32FN3OS.C11H16.C3H8.C2H6.2C2H4/c1-6-22(29-24)18(3)27(5)23(25-16-19-11-13-26(4)14-12-19)15-17(2)20-9-7-8-10-21(20)28;1-9-5-7-10(8-6-9)11(2,3)4;1-3-2;3*1-2/h6-10,15,19,25,28H,1-2,11-14,16H2,3-5H3;5-8H,1-4H3;3H2,1-2H3;1-2H3;2*1-2H2/b22-18+,23-15-;;;;;. The van der Waals surface area contributed by atoms with Gasteiger partial charge in [0, 0.05) is 24.9 Å². The number of piperidine rings is 1. The molecule has 6 heteroatoms. The molecule has 0 spiro atoms. The van der Waals surface area contributed by atoms with Crippen LogP contribution >= 0.6 is 12.1 Å². The highest BCUT2D eigenvalue weighted by atomic mass is 32.2. The Balaban J connectivity index is -0.000000873. The number of hydrogen-bond donors (Lipinski definition) is 2. The van der Waals surface area contributed by atoms with Gasteiger partial charge in [0.1, 0.15) is 11.6 Å². The zero-order valence-electron chi connectivity index (χ0n) is 33.0. The zero-order chi connectivity index (χ0) is 38.6. The molecule has 1 saturated heterocycles. The van der Waals surface area contributed by atoms with Crippen molar-refractivity contribution in [2.75, 3.05) is 33.7 Å². The SMILES string of the molecule is C=C.C=C.C=C/C(SF)=C(/C)N(C)/C(=C\C(=C)c1ccccc1O)NCC1CCN(C)CC1.CC.CCC.Cc1ccc(C(C)(C)C)cc1. The number of para-hydroxylation sites is 1. The molecule has 0 amide bonds. The van der Waals surface area contributed by atoms with Crippen molar-refractivity contribution in [3.05, 3.63) is 133 Å². The highest BCUT2D eigenvalue weighted by Crippen LogP contribution is 2.28. The molecule has 1 fully saturated rings. The summed E-state index contributed by atoms with van der Waals surface area (Å²) in [4.78, 5) is 4.72. The molecule has 49 heavy (non-hydrogen) atoms. The molecule has 276 valence electrons. The van der Waals surface area contributed by atoms with Crippen molar-refractivity contribution in [3.8, 4) is 5.75 Å². The molecule has 0 unspecified atom stereocenters. The van der Waals surface area contributed by atoms with E-state index in [2.05, 4.69) is 123 Å². The average Bonchev–Trinajstić information content (AvgIpc) is 3.10. The third-order valence-electron chi connectivity index (χ3n) is 7.38. The second-order valence-electron chi connectivity index (χ2n) is 12.3. The van der Waals surface area contributed by atoms with Gasteiger partial charge in [-0.15, -0.1) is 26.3 Å². The van der Waals surface area contributed by atoms with Crippen molar-refractivity contribution in [3.63, 3.8) is 0 Å². The van der Waals surface area contributed by atoms with Crippen LogP contribution in [0.3, 0.4) is 0 Å². The summed E-state index contributed by atoms with van der Waals surface area (Å²) in [5.41, 5.74) is 5.13. The summed E-state index contributed by atoms with van der Waals surface area (Å²) in [6, 6.07) is 15.9. The van der Waals surface area contributed by atoms with E-state index in [0.717, 1.165) is 44.0 Å². The van der Waals surface area contributed by atoms with Crippen LogP contribution in [0.25, 0.3) is 5.57 Å². The number of phenols is 1. The topological polar surface area (TPSA) is 38.7 Å². The number of benzene rings is 2. The monoisotopic (exact) mass is 696 g/mol. The van der Waals surface area contributed by atoms with Crippen molar-refractivity contribution in [1.82, 2.24) is 15.1 Å². The van der Waals surface area contributed by atoms with Gasteiger partial charge in [-0.2, -0.15) is 3.89 Å². The minimum Gasteiger partial charge on any atom is -0.507 e. The molecule has 3 rings (SSSR count). The lowest BCUT2D eigenvalue weighted by Gasteiger charge is -2.31. The van der Waals surface area contributed by atoms with Gasteiger partial charge in [-0.1, -0.05) is 122 Å². The largest absolute Gasteiger partial charge is 0.507 e. The van der Waals surface area contributed by atoms with E-state index in [-0.39, 0.29) is 23.3 Å². The number of hydrogen-bond acceptors (Lipinski definition) is 5. The quantitative estimate of drug-likeness (QED) is 0.202. The molecule has 2 aromatic carbocycles. The van der Waals surface area contributed by atoms with E-state index in [1.54, 1.807) is 12.1 Å². The molecular weight excluding hydrogens is 626 g/mol. The van der Waals surface area contributed by atoms with E-state index in [1.807, 2.05) is 50.9 Å². The van der Waals surface area contributed by atoms with Crippen molar-refractivity contribution in [2.24, 2.45) is 5.92 Å². The van der Waals surface area contributed by atoms with Crippen LogP contribution in [0.5, 0.6) is 5.75 Å². The first-order chi connectivity index (χ1) is 23.3. The maximum absolute atomic E-state index is 13.3. The van der Waals surface area contributed by atoms with Crippen LogP contribution in [-0.4, -0.2) is 48.6 Å². The maximum atomic E-state index is 13.3. The number of halogens is 1. The fourth-order valence-corrected chi connectivity index (χ4v) is 4.72. The Labute approximate surface area is 306 Å². The Morgan fingerprint density at radius 3 is 1.94 bits per heavy atom. The highest BCUT2D eigenvalue weighted by Gasteiger charge is 2.19. The molecule has 0 bridgehead atoms. The van der Waals surface area contributed by atoms with Crippen molar-refractivity contribution < 1.29 is 8.99 Å². The Morgan fingerprint density at radius 1 is 1.02 bits per heavy atom. The van der Waals surface area contributed by atoms with Gasteiger partial charge in [0.15, 0.2) is 0 Å². The molecule has 0 saturated carbocycles. The summed E-state index contributed by atoms with van der Waals surface area (Å²) in [6.45, 7) is 41.8. The molecule has 1 aliphatic heterocycles. The van der Waals surface area contributed by atoms with Gasteiger partial charge in [-0.3, -0.25) is 0 Å². The Kier molecular flexibility index (Phi) is 30.0. The first-order valence-electron chi connectivity index (χ1n) is 17.3. The number of nitrogens with one attached hydrogen (secondary N) is 1. The van der Waals surface area contributed by atoms with Crippen LogP contribution in [0.2, 0.25) is 0 Å². The molecule has 0 atom stereocenters. The van der Waals surface area contributed by atoms with Gasteiger partial charge in [0.05, 0.1) is 17.1 Å². The average molecular weight is 696 g/mol. The first-order valence-corrected chi connectivity index (χ1v) is 18.0. The van der Waals surface area contributed by atoms with E-state index in [4.69, 9.17) is 0 Å². The van der Waals surface area contributed by atoms with Gasteiger partial charge < -0.3 is 20.2 Å². The lowest BCUT2D eigenvalue weighted by Crippen LogP contribution is -2.37. The summed E-state index contributed by atoms with van der Waals surface area (Å²) < 4.78 is 13.3. The van der Waals surface area contributed by atoms with Gasteiger partial charge >= 0.3 is 0 Å². The van der Waals surface area contributed by atoms with E-state index in [0.29, 0.717) is 22.0 Å². The van der Waals surface area contributed by atoms with Gasteiger partial charge in [0.2, 0.25) is 0 Å². The van der Waals surface area contributed by atoms with E-state index in [9.17, 15) is 8.99 Å². The molecule has 2 N–H and O–H groups in total. The summed E-state index contributed by atoms with van der Waals surface area (Å²) >= 11 is 0.185. The summed E-state index contributed by atoms with van der Waals surface area (Å²) in [5.74, 6) is 1.58. The Morgan fingerprint density at radius 2 is 1.51 bits per heavy atom. The molecule has 0 radical (unpaired) electrons. The number of nitrogens with zero attached hydrogens (tertiary/aromatic N) is 2. The molecular formula is C43H70FN3OS. The molecule has 1 aliphatic rings. The van der Waals surface area contributed by atoms with E-state index >= 15 is 0 Å². The fourth-order valence-electron chi connectivity index (χ4n) is 4.40. The zero-order valence-corrected chi connectivity index (χ0v) is 33.8. The predicted octanol–water partition coefficient (Wildman–Crippen LogP) is 12.5. The molecule has 0 aromatic heterocycles. The second kappa shape index (κ2) is 29.4. The molecule has 4 nitrogen and oxygen atoms in total. The van der Waals surface area contributed by atoms with Crippen LogP contribution in [0.4, 0.5) is 3.89 Å². The number of aryl methyl sites for hydroxylation is 1. The lowest BCUT2D eigenvalue weighted by atomic mass is 9.87. The molecule has 0 aliphatic carbocycles. The van der Waals surface area contributed by atoms with Crippen LogP contribution in [-0.2, 0) is 5.41 Å². The summed E-state index contributed by atoms with van der Waals surface area (Å²) in [7, 11) is 4.04. The maximum Gasteiger partial charge on any atom is 0.123 e. The Hall–Kier alpha value is -3.48. The van der Waals surface area contributed by atoms with E-state index < -0.39 is 0 Å². The normalized spacial score (nSPS) is 13.3.